The lowest BCUT2D eigenvalue weighted by atomic mass is 9.70. The number of rotatable bonds is 8. The Morgan fingerprint density at radius 2 is 1.33 bits per heavy atom. The number of hydrogen-bond acceptors (Lipinski definition) is 3. The molecule has 4 nitrogen and oxygen atoms in total. The fourth-order valence-electron chi connectivity index (χ4n) is 2.66. The highest BCUT2D eigenvalue weighted by molar-refractivity contribution is 5.90. The predicted octanol–water partition coefficient (Wildman–Crippen LogP) is 3.00. The van der Waals surface area contributed by atoms with Crippen molar-refractivity contribution in [3.05, 3.63) is 0 Å². The standard InChI is InChI=1S/C17H31NO3/c1-11(2)13(19)9-18-15(21)17(7,8)10-16(5,6)14(20)12(3)4/h11-12H,9-10H2,1-8H3,(H,18,21). The molecule has 21 heavy (non-hydrogen) atoms. The van der Waals surface area contributed by atoms with Gasteiger partial charge in [0.1, 0.15) is 5.78 Å². The summed E-state index contributed by atoms with van der Waals surface area (Å²) in [6.45, 7) is 14.8. The predicted molar refractivity (Wildman–Crippen MR) is 84.9 cm³/mol. The molecule has 0 aliphatic heterocycles. The number of amides is 1. The highest BCUT2D eigenvalue weighted by atomic mass is 16.2. The van der Waals surface area contributed by atoms with E-state index in [-0.39, 0.29) is 35.9 Å². The fraction of sp³-hybridized carbons (Fsp3) is 0.824. The molecule has 1 amide bonds. The summed E-state index contributed by atoms with van der Waals surface area (Å²) >= 11 is 0. The number of hydrogen-bond donors (Lipinski definition) is 1. The van der Waals surface area contributed by atoms with Gasteiger partial charge in [0.25, 0.3) is 0 Å². The lowest BCUT2D eigenvalue weighted by molar-refractivity contribution is -0.137. The van der Waals surface area contributed by atoms with Crippen molar-refractivity contribution in [2.24, 2.45) is 22.7 Å². The minimum atomic E-state index is -0.689. The smallest absolute Gasteiger partial charge is 0.226 e. The molecule has 0 atom stereocenters. The maximum atomic E-state index is 12.3. The fourth-order valence-corrected chi connectivity index (χ4v) is 2.66. The van der Waals surface area contributed by atoms with Crippen molar-refractivity contribution in [1.82, 2.24) is 5.32 Å². The second kappa shape index (κ2) is 7.19. The van der Waals surface area contributed by atoms with Crippen LogP contribution in [0.2, 0.25) is 0 Å². The third-order valence-electron chi connectivity index (χ3n) is 3.76. The summed E-state index contributed by atoms with van der Waals surface area (Å²) in [4.78, 5) is 36.1. The molecule has 0 aromatic rings. The van der Waals surface area contributed by atoms with E-state index in [4.69, 9.17) is 0 Å². The number of carbonyl (C=O) groups is 3. The Bertz CT molecular complexity index is 406. The first-order valence-electron chi connectivity index (χ1n) is 7.66. The molecular weight excluding hydrogens is 266 g/mol. The molecule has 0 saturated heterocycles. The Morgan fingerprint density at radius 1 is 0.857 bits per heavy atom. The van der Waals surface area contributed by atoms with Gasteiger partial charge in [0.2, 0.25) is 5.91 Å². The molecule has 0 radical (unpaired) electrons. The van der Waals surface area contributed by atoms with E-state index < -0.39 is 10.8 Å². The van der Waals surface area contributed by atoms with Crippen molar-refractivity contribution >= 4 is 17.5 Å². The van der Waals surface area contributed by atoms with Gasteiger partial charge < -0.3 is 5.32 Å². The first-order chi connectivity index (χ1) is 9.31. The molecule has 0 saturated carbocycles. The van der Waals surface area contributed by atoms with Crippen LogP contribution in [-0.4, -0.2) is 24.0 Å². The van der Waals surface area contributed by atoms with Gasteiger partial charge in [0, 0.05) is 22.7 Å². The van der Waals surface area contributed by atoms with Gasteiger partial charge in [-0.15, -0.1) is 0 Å². The monoisotopic (exact) mass is 297 g/mol. The van der Waals surface area contributed by atoms with Gasteiger partial charge in [-0.2, -0.15) is 0 Å². The largest absolute Gasteiger partial charge is 0.349 e. The van der Waals surface area contributed by atoms with Gasteiger partial charge in [0.15, 0.2) is 5.78 Å². The lowest BCUT2D eigenvalue weighted by Gasteiger charge is -2.34. The Labute approximate surface area is 129 Å². The number of carbonyl (C=O) groups excluding carboxylic acids is 3. The summed E-state index contributed by atoms with van der Waals surface area (Å²) in [6, 6.07) is 0. The Balaban J connectivity index is 4.78. The summed E-state index contributed by atoms with van der Waals surface area (Å²) < 4.78 is 0. The highest BCUT2D eigenvalue weighted by Crippen LogP contribution is 2.36. The zero-order valence-corrected chi connectivity index (χ0v) is 14.8. The first-order valence-corrected chi connectivity index (χ1v) is 7.66. The third kappa shape index (κ3) is 5.98. The topological polar surface area (TPSA) is 63.2 Å². The molecule has 0 heterocycles. The molecule has 0 fully saturated rings. The SMILES string of the molecule is CC(C)C(=O)CNC(=O)C(C)(C)CC(C)(C)C(=O)C(C)C. The summed E-state index contributed by atoms with van der Waals surface area (Å²) in [5.74, 6) is -0.159. The minimum Gasteiger partial charge on any atom is -0.349 e. The molecule has 0 aliphatic rings. The molecule has 4 heteroatoms. The van der Waals surface area contributed by atoms with Crippen LogP contribution < -0.4 is 5.32 Å². The summed E-state index contributed by atoms with van der Waals surface area (Å²) in [5.41, 5.74) is -1.25. The Morgan fingerprint density at radius 3 is 1.71 bits per heavy atom. The molecule has 0 unspecified atom stereocenters. The number of nitrogens with one attached hydrogen (secondary N) is 1. The zero-order chi connectivity index (χ0) is 17.0. The Kier molecular flexibility index (Phi) is 6.78. The molecule has 1 N–H and O–H groups in total. The van der Waals surface area contributed by atoms with E-state index in [9.17, 15) is 14.4 Å². The summed E-state index contributed by atoms with van der Waals surface area (Å²) in [7, 11) is 0. The zero-order valence-electron chi connectivity index (χ0n) is 14.8. The highest BCUT2D eigenvalue weighted by Gasteiger charge is 2.39. The van der Waals surface area contributed by atoms with Gasteiger partial charge in [-0.3, -0.25) is 14.4 Å². The molecular formula is C17H31NO3. The van der Waals surface area contributed by atoms with Crippen LogP contribution in [0.5, 0.6) is 0 Å². The van der Waals surface area contributed by atoms with Crippen LogP contribution in [0.1, 0.15) is 61.8 Å². The van der Waals surface area contributed by atoms with Crippen LogP contribution in [0.4, 0.5) is 0 Å². The van der Waals surface area contributed by atoms with E-state index in [1.807, 2.05) is 55.4 Å². The van der Waals surface area contributed by atoms with E-state index >= 15 is 0 Å². The quantitative estimate of drug-likeness (QED) is 0.749. The molecule has 0 aliphatic carbocycles. The van der Waals surface area contributed by atoms with Crippen LogP contribution in [0, 0.1) is 22.7 Å². The summed E-state index contributed by atoms with van der Waals surface area (Å²) in [6.07, 6.45) is 0.457. The minimum absolute atomic E-state index is 0.0108. The van der Waals surface area contributed by atoms with E-state index in [1.54, 1.807) is 0 Å². The van der Waals surface area contributed by atoms with Gasteiger partial charge in [-0.05, 0) is 6.42 Å². The normalized spacial score (nSPS) is 12.7. The van der Waals surface area contributed by atoms with Crippen molar-refractivity contribution < 1.29 is 14.4 Å². The van der Waals surface area contributed by atoms with Crippen LogP contribution >= 0.6 is 0 Å². The van der Waals surface area contributed by atoms with E-state index in [1.165, 1.54) is 0 Å². The van der Waals surface area contributed by atoms with Gasteiger partial charge in [0.05, 0.1) is 6.54 Å². The number of Topliss-reactive ketones (excluding diaryl/α,β-unsaturated/α-hetero) is 2. The molecule has 0 aromatic heterocycles. The van der Waals surface area contributed by atoms with E-state index in [2.05, 4.69) is 5.32 Å². The van der Waals surface area contributed by atoms with Crippen molar-refractivity contribution in [2.45, 2.75) is 61.8 Å². The summed E-state index contributed by atoms with van der Waals surface area (Å²) in [5, 5.41) is 2.70. The van der Waals surface area contributed by atoms with Crippen molar-refractivity contribution in [3.8, 4) is 0 Å². The second-order valence-electron chi connectivity index (χ2n) is 7.77. The molecule has 0 bridgehead atoms. The van der Waals surface area contributed by atoms with E-state index in [0.29, 0.717) is 6.42 Å². The maximum Gasteiger partial charge on any atom is 0.226 e. The first kappa shape index (κ1) is 19.8. The maximum absolute atomic E-state index is 12.3. The molecule has 0 spiro atoms. The van der Waals surface area contributed by atoms with Crippen molar-refractivity contribution in [1.29, 1.82) is 0 Å². The second-order valence-corrected chi connectivity index (χ2v) is 7.77. The van der Waals surface area contributed by atoms with Gasteiger partial charge in [-0.1, -0.05) is 55.4 Å². The molecule has 0 aromatic carbocycles. The van der Waals surface area contributed by atoms with Crippen molar-refractivity contribution in [2.75, 3.05) is 6.54 Å². The number of ketones is 2. The van der Waals surface area contributed by atoms with E-state index in [0.717, 1.165) is 0 Å². The molecule has 122 valence electrons. The van der Waals surface area contributed by atoms with Gasteiger partial charge >= 0.3 is 0 Å². The third-order valence-corrected chi connectivity index (χ3v) is 3.76. The van der Waals surface area contributed by atoms with Gasteiger partial charge in [-0.25, -0.2) is 0 Å². The average molecular weight is 297 g/mol. The van der Waals surface area contributed by atoms with Crippen LogP contribution in [0.3, 0.4) is 0 Å². The Hall–Kier alpha value is -1.19. The molecule has 0 rings (SSSR count). The van der Waals surface area contributed by atoms with Crippen LogP contribution in [0.15, 0.2) is 0 Å². The lowest BCUT2D eigenvalue weighted by Crippen LogP contribution is -2.44. The van der Waals surface area contributed by atoms with Crippen LogP contribution in [-0.2, 0) is 14.4 Å². The average Bonchev–Trinajstić information content (AvgIpc) is 2.32. The van der Waals surface area contributed by atoms with Crippen molar-refractivity contribution in [3.63, 3.8) is 0 Å². The van der Waals surface area contributed by atoms with Crippen LogP contribution in [0.25, 0.3) is 0 Å².